The molecule has 8 nitrogen and oxygen atoms in total. The van der Waals surface area contributed by atoms with Crippen LogP contribution >= 0.6 is 11.6 Å². The third-order valence-corrected chi connectivity index (χ3v) is 4.54. The highest BCUT2D eigenvalue weighted by Gasteiger charge is 2.10. The summed E-state index contributed by atoms with van der Waals surface area (Å²) in [5.41, 5.74) is 13.8. The molecule has 3 aromatic rings. The Hall–Kier alpha value is -3.26. The van der Waals surface area contributed by atoms with Crippen LogP contribution < -0.4 is 16.8 Å². The van der Waals surface area contributed by atoms with Gasteiger partial charge in [-0.1, -0.05) is 23.7 Å². The molecule has 1 aromatic carbocycles. The third kappa shape index (κ3) is 4.72. The molecule has 3 rings (SSSR count). The largest absolute Gasteiger partial charge is 0.370 e. The summed E-state index contributed by atoms with van der Waals surface area (Å²) in [6.45, 7) is 2.55. The number of hydrogen-bond donors (Lipinski definition) is 3. The highest BCUT2D eigenvalue weighted by Crippen LogP contribution is 2.28. The predicted molar refractivity (Wildman–Crippen MR) is 109 cm³/mol. The molecule has 2 aromatic heterocycles. The van der Waals surface area contributed by atoms with Crippen LogP contribution in [0.25, 0.3) is 11.3 Å². The molecule has 5 N–H and O–H groups in total. The van der Waals surface area contributed by atoms with Crippen LogP contribution in [0.2, 0.25) is 5.02 Å². The summed E-state index contributed by atoms with van der Waals surface area (Å²) in [4.78, 5) is 28.0. The van der Waals surface area contributed by atoms with Gasteiger partial charge in [-0.05, 0) is 31.0 Å². The Morgan fingerprint density at radius 1 is 1.21 bits per heavy atom. The molecule has 0 spiro atoms. The van der Waals surface area contributed by atoms with E-state index in [1.807, 2.05) is 31.2 Å². The number of hydrogen-bond acceptors (Lipinski definition) is 7. The van der Waals surface area contributed by atoms with Gasteiger partial charge in [0.25, 0.3) is 5.91 Å². The van der Waals surface area contributed by atoms with Gasteiger partial charge in [-0.3, -0.25) is 4.79 Å². The monoisotopic (exact) mass is 397 g/mol. The molecule has 9 heteroatoms. The lowest BCUT2D eigenvalue weighted by Gasteiger charge is -2.11. The van der Waals surface area contributed by atoms with Crippen molar-refractivity contribution in [2.45, 2.75) is 19.8 Å². The van der Waals surface area contributed by atoms with Crippen molar-refractivity contribution >= 4 is 29.3 Å². The molecule has 144 valence electrons. The Morgan fingerprint density at radius 3 is 2.82 bits per heavy atom. The van der Waals surface area contributed by atoms with Crippen LogP contribution in [-0.4, -0.2) is 32.4 Å². The first-order chi connectivity index (χ1) is 13.4. The molecular formula is C19H20ClN7O. The Morgan fingerprint density at radius 2 is 2.04 bits per heavy atom. The number of nitrogen functional groups attached to an aromatic ring is 1. The molecule has 0 saturated carbocycles. The summed E-state index contributed by atoms with van der Waals surface area (Å²) < 4.78 is 0. The summed E-state index contributed by atoms with van der Waals surface area (Å²) in [5, 5.41) is 3.89. The van der Waals surface area contributed by atoms with Gasteiger partial charge in [0, 0.05) is 35.8 Å². The average Bonchev–Trinajstić information content (AvgIpc) is 2.67. The van der Waals surface area contributed by atoms with Gasteiger partial charge < -0.3 is 16.8 Å². The second-order valence-electron chi connectivity index (χ2n) is 6.16. The summed E-state index contributed by atoms with van der Waals surface area (Å²) in [7, 11) is 0. The second-order valence-corrected chi connectivity index (χ2v) is 6.57. The number of primary amides is 1. The van der Waals surface area contributed by atoms with Crippen molar-refractivity contribution in [3.63, 3.8) is 0 Å². The zero-order valence-corrected chi connectivity index (χ0v) is 16.1. The maximum Gasteiger partial charge on any atom is 0.267 e. The number of nitrogens with two attached hydrogens (primary N) is 2. The number of anilines is 2. The minimum atomic E-state index is -0.568. The zero-order valence-electron chi connectivity index (χ0n) is 15.3. The standard InChI is InChI=1S/C19H20ClN7O/c1-11-12(4-2-5-13(11)20)15-10-17(27-19(22)26-15)23-8-3-6-16-24-9-7-14(25-16)18(21)28/h2,4-5,7,9-10H,3,6,8H2,1H3,(H2,21,28)(H3,22,23,26,27). The summed E-state index contributed by atoms with van der Waals surface area (Å²) in [6, 6.07) is 8.97. The van der Waals surface area contributed by atoms with E-state index in [9.17, 15) is 4.79 Å². The Bertz CT molecular complexity index is 1010. The minimum absolute atomic E-state index is 0.178. The van der Waals surface area contributed by atoms with E-state index in [0.29, 0.717) is 35.3 Å². The first-order valence-electron chi connectivity index (χ1n) is 8.69. The van der Waals surface area contributed by atoms with E-state index >= 15 is 0 Å². The first kappa shape index (κ1) is 19.5. The van der Waals surface area contributed by atoms with Crippen molar-refractivity contribution in [2.24, 2.45) is 5.73 Å². The number of carbonyl (C=O) groups is 1. The first-order valence-corrected chi connectivity index (χ1v) is 9.07. The smallest absolute Gasteiger partial charge is 0.267 e. The Balaban J connectivity index is 1.65. The number of amides is 1. The van der Waals surface area contributed by atoms with Gasteiger partial charge in [0.05, 0.1) is 5.69 Å². The number of rotatable bonds is 7. The SMILES string of the molecule is Cc1c(Cl)cccc1-c1cc(NCCCc2nccc(C(N)=O)n2)nc(N)n1. The van der Waals surface area contributed by atoms with Crippen LogP contribution in [-0.2, 0) is 6.42 Å². The van der Waals surface area contributed by atoms with E-state index in [-0.39, 0.29) is 11.6 Å². The summed E-state index contributed by atoms with van der Waals surface area (Å²) in [5.74, 6) is 0.795. The van der Waals surface area contributed by atoms with Crippen molar-refractivity contribution in [3.8, 4) is 11.3 Å². The fraction of sp³-hybridized carbons (Fsp3) is 0.211. The number of benzene rings is 1. The van der Waals surface area contributed by atoms with E-state index in [1.165, 1.54) is 12.3 Å². The second kappa shape index (κ2) is 8.62. The topological polar surface area (TPSA) is 133 Å². The molecule has 28 heavy (non-hydrogen) atoms. The van der Waals surface area contributed by atoms with Crippen molar-refractivity contribution < 1.29 is 4.79 Å². The molecular weight excluding hydrogens is 378 g/mol. The third-order valence-electron chi connectivity index (χ3n) is 4.13. The zero-order chi connectivity index (χ0) is 20.1. The molecule has 0 atom stereocenters. The van der Waals surface area contributed by atoms with Gasteiger partial charge in [-0.2, -0.15) is 4.98 Å². The Labute approximate surface area is 167 Å². The highest BCUT2D eigenvalue weighted by atomic mass is 35.5. The number of nitrogens with one attached hydrogen (secondary N) is 1. The van der Waals surface area contributed by atoms with E-state index in [2.05, 4.69) is 25.3 Å². The lowest BCUT2D eigenvalue weighted by molar-refractivity contribution is 0.0995. The van der Waals surface area contributed by atoms with Gasteiger partial charge in [-0.15, -0.1) is 0 Å². The van der Waals surface area contributed by atoms with E-state index < -0.39 is 5.91 Å². The van der Waals surface area contributed by atoms with Gasteiger partial charge in [-0.25, -0.2) is 15.0 Å². The van der Waals surface area contributed by atoms with Crippen LogP contribution in [0.15, 0.2) is 36.5 Å². The highest BCUT2D eigenvalue weighted by molar-refractivity contribution is 6.31. The maximum absolute atomic E-state index is 11.2. The quantitative estimate of drug-likeness (QED) is 0.522. The summed E-state index contributed by atoms with van der Waals surface area (Å²) in [6.07, 6.45) is 2.85. The van der Waals surface area contributed by atoms with E-state index in [0.717, 1.165) is 17.5 Å². The van der Waals surface area contributed by atoms with Crippen LogP contribution in [0.1, 0.15) is 28.3 Å². The van der Waals surface area contributed by atoms with E-state index in [4.69, 9.17) is 23.1 Å². The Kier molecular flexibility index (Phi) is 6.00. The normalized spacial score (nSPS) is 10.6. The fourth-order valence-corrected chi connectivity index (χ4v) is 2.87. The summed E-state index contributed by atoms with van der Waals surface area (Å²) >= 11 is 6.20. The van der Waals surface area contributed by atoms with Gasteiger partial charge in [0.15, 0.2) is 0 Å². The fourth-order valence-electron chi connectivity index (χ4n) is 2.70. The number of aryl methyl sites for hydroxylation is 1. The van der Waals surface area contributed by atoms with Gasteiger partial charge in [0.2, 0.25) is 5.95 Å². The van der Waals surface area contributed by atoms with Crippen molar-refractivity contribution in [2.75, 3.05) is 17.6 Å². The molecule has 1 amide bonds. The van der Waals surface area contributed by atoms with Crippen LogP contribution in [0, 0.1) is 6.92 Å². The van der Waals surface area contributed by atoms with Gasteiger partial charge in [0.1, 0.15) is 17.3 Å². The lowest BCUT2D eigenvalue weighted by Crippen LogP contribution is -2.15. The molecule has 2 heterocycles. The molecule has 0 radical (unpaired) electrons. The molecule has 0 aliphatic rings. The molecule has 0 saturated heterocycles. The van der Waals surface area contributed by atoms with Crippen molar-refractivity contribution in [1.82, 2.24) is 19.9 Å². The number of carbonyl (C=O) groups excluding carboxylic acids is 1. The van der Waals surface area contributed by atoms with E-state index in [1.54, 1.807) is 0 Å². The van der Waals surface area contributed by atoms with Crippen LogP contribution in [0.3, 0.4) is 0 Å². The predicted octanol–water partition coefficient (Wildman–Crippen LogP) is 2.62. The molecule has 0 unspecified atom stereocenters. The van der Waals surface area contributed by atoms with Gasteiger partial charge >= 0.3 is 0 Å². The molecule has 0 aliphatic carbocycles. The van der Waals surface area contributed by atoms with Crippen LogP contribution in [0.4, 0.5) is 11.8 Å². The lowest BCUT2D eigenvalue weighted by atomic mass is 10.1. The maximum atomic E-state index is 11.2. The molecule has 0 fully saturated rings. The van der Waals surface area contributed by atoms with Crippen molar-refractivity contribution in [3.05, 3.63) is 58.6 Å². The number of nitrogens with zero attached hydrogens (tertiary/aromatic N) is 4. The minimum Gasteiger partial charge on any atom is -0.370 e. The number of aromatic nitrogens is 4. The van der Waals surface area contributed by atoms with Crippen molar-refractivity contribution in [1.29, 1.82) is 0 Å². The molecule has 0 aliphatic heterocycles. The average molecular weight is 398 g/mol. The molecule has 0 bridgehead atoms. The van der Waals surface area contributed by atoms with Crippen LogP contribution in [0.5, 0.6) is 0 Å². The number of halogens is 1.